The fourth-order valence-electron chi connectivity index (χ4n) is 2.47. The van der Waals surface area contributed by atoms with Crippen molar-refractivity contribution < 1.29 is 4.74 Å². The van der Waals surface area contributed by atoms with Crippen LogP contribution in [0.25, 0.3) is 16.9 Å². The number of fused-ring (bicyclic) bond motifs is 1. The third kappa shape index (κ3) is 3.25. The highest BCUT2D eigenvalue weighted by molar-refractivity contribution is 5.71. The Hall–Kier alpha value is -3.48. The molecule has 4 rings (SSSR count). The molecule has 0 spiro atoms. The predicted molar refractivity (Wildman–Crippen MR) is 94.8 cm³/mol. The molecule has 0 unspecified atom stereocenters. The average molecular weight is 332 g/mol. The second-order valence-electron chi connectivity index (χ2n) is 5.40. The van der Waals surface area contributed by atoms with E-state index in [1.165, 1.54) is 0 Å². The molecule has 0 amide bonds. The molecule has 124 valence electrons. The van der Waals surface area contributed by atoms with Gasteiger partial charge in [0.05, 0.1) is 25.0 Å². The highest BCUT2D eigenvalue weighted by atomic mass is 16.5. The fourth-order valence-corrected chi connectivity index (χ4v) is 2.47. The second-order valence-corrected chi connectivity index (χ2v) is 5.40. The minimum absolute atomic E-state index is 0.571. The Labute approximate surface area is 144 Å². The molecule has 0 radical (unpaired) electrons. The van der Waals surface area contributed by atoms with E-state index in [0.29, 0.717) is 12.2 Å². The van der Waals surface area contributed by atoms with Gasteiger partial charge < -0.3 is 10.1 Å². The number of nitrogens with one attached hydrogen (secondary N) is 1. The molecule has 7 heteroatoms. The number of ether oxygens (including phenoxy) is 1. The van der Waals surface area contributed by atoms with Gasteiger partial charge in [0.15, 0.2) is 5.65 Å². The molecule has 3 aromatic heterocycles. The van der Waals surface area contributed by atoms with Crippen LogP contribution in [-0.4, -0.2) is 31.8 Å². The third-order valence-electron chi connectivity index (χ3n) is 3.76. The van der Waals surface area contributed by atoms with Crippen LogP contribution >= 0.6 is 0 Å². The van der Waals surface area contributed by atoms with E-state index >= 15 is 0 Å². The smallest absolute Gasteiger partial charge is 0.180 e. The topological polar surface area (TPSA) is 77.8 Å². The van der Waals surface area contributed by atoms with Crippen molar-refractivity contribution in [3.05, 3.63) is 66.7 Å². The summed E-state index contributed by atoms with van der Waals surface area (Å²) in [6.07, 6.45) is 5.22. The van der Waals surface area contributed by atoms with Crippen LogP contribution in [0.3, 0.4) is 0 Å². The molecule has 0 saturated carbocycles. The quantitative estimate of drug-likeness (QED) is 0.605. The molecule has 0 aliphatic carbocycles. The van der Waals surface area contributed by atoms with E-state index in [4.69, 9.17) is 4.74 Å². The predicted octanol–water partition coefficient (Wildman–Crippen LogP) is 2.83. The van der Waals surface area contributed by atoms with Crippen LogP contribution in [0.5, 0.6) is 5.75 Å². The zero-order valence-corrected chi connectivity index (χ0v) is 13.6. The van der Waals surface area contributed by atoms with E-state index in [1.54, 1.807) is 19.5 Å². The number of methoxy groups -OCH3 is 1. The van der Waals surface area contributed by atoms with Gasteiger partial charge in [0.25, 0.3) is 0 Å². The summed E-state index contributed by atoms with van der Waals surface area (Å²) < 4.78 is 7.00. The lowest BCUT2D eigenvalue weighted by atomic mass is 10.3. The van der Waals surface area contributed by atoms with Crippen molar-refractivity contribution in [2.75, 3.05) is 12.4 Å². The third-order valence-corrected chi connectivity index (χ3v) is 3.76. The van der Waals surface area contributed by atoms with Gasteiger partial charge in [-0.05, 0) is 42.5 Å². The lowest BCUT2D eigenvalue weighted by molar-refractivity contribution is 0.414. The summed E-state index contributed by atoms with van der Waals surface area (Å²) in [7, 11) is 1.65. The van der Waals surface area contributed by atoms with Gasteiger partial charge in [0.2, 0.25) is 0 Å². The molecular formula is C18H16N6O. The van der Waals surface area contributed by atoms with E-state index < -0.39 is 0 Å². The SMILES string of the molecule is COc1ccc(-n2ccc(CNc3ccc4nccnc4n3)n2)cc1. The van der Waals surface area contributed by atoms with Crippen LogP contribution < -0.4 is 10.1 Å². The largest absolute Gasteiger partial charge is 0.497 e. The van der Waals surface area contributed by atoms with Crippen LogP contribution in [0.15, 0.2) is 61.1 Å². The van der Waals surface area contributed by atoms with Crippen LogP contribution in [0, 0.1) is 0 Å². The lowest BCUT2D eigenvalue weighted by Gasteiger charge is -2.05. The molecule has 1 aromatic carbocycles. The van der Waals surface area contributed by atoms with E-state index in [2.05, 4.69) is 25.4 Å². The zero-order valence-electron chi connectivity index (χ0n) is 13.6. The maximum Gasteiger partial charge on any atom is 0.180 e. The molecule has 7 nitrogen and oxygen atoms in total. The summed E-state index contributed by atoms with van der Waals surface area (Å²) >= 11 is 0. The van der Waals surface area contributed by atoms with E-state index in [-0.39, 0.29) is 0 Å². The molecule has 0 atom stereocenters. The van der Waals surface area contributed by atoms with Crippen molar-refractivity contribution in [1.82, 2.24) is 24.7 Å². The van der Waals surface area contributed by atoms with Crippen LogP contribution in [0.2, 0.25) is 0 Å². The molecule has 0 bridgehead atoms. The van der Waals surface area contributed by atoms with Gasteiger partial charge in [0, 0.05) is 18.6 Å². The van der Waals surface area contributed by atoms with E-state index in [9.17, 15) is 0 Å². The summed E-state index contributed by atoms with van der Waals surface area (Å²) in [4.78, 5) is 12.9. The van der Waals surface area contributed by atoms with Gasteiger partial charge >= 0.3 is 0 Å². The number of rotatable bonds is 5. The van der Waals surface area contributed by atoms with Crippen molar-refractivity contribution in [2.24, 2.45) is 0 Å². The van der Waals surface area contributed by atoms with Crippen molar-refractivity contribution in [1.29, 1.82) is 0 Å². The minimum Gasteiger partial charge on any atom is -0.497 e. The fraction of sp³-hybridized carbons (Fsp3) is 0.111. The summed E-state index contributed by atoms with van der Waals surface area (Å²) in [6.45, 7) is 0.571. The first-order valence-corrected chi connectivity index (χ1v) is 7.82. The Morgan fingerprint density at radius 2 is 1.84 bits per heavy atom. The zero-order chi connectivity index (χ0) is 17.1. The molecule has 3 heterocycles. The first-order valence-electron chi connectivity index (χ1n) is 7.82. The molecule has 0 aliphatic rings. The minimum atomic E-state index is 0.571. The van der Waals surface area contributed by atoms with E-state index in [1.807, 2.05) is 53.3 Å². The van der Waals surface area contributed by atoms with Crippen LogP contribution in [0.1, 0.15) is 5.69 Å². The standard InChI is InChI=1S/C18H16N6O/c1-25-15-4-2-14(3-5-15)24-11-8-13(23-24)12-21-17-7-6-16-18(22-17)20-10-9-19-16/h2-11H,12H2,1H3,(H,20,21,22). The Morgan fingerprint density at radius 3 is 2.68 bits per heavy atom. The van der Waals surface area contributed by atoms with Gasteiger partial charge in [0.1, 0.15) is 17.1 Å². The van der Waals surface area contributed by atoms with Crippen molar-refractivity contribution in [3.8, 4) is 11.4 Å². The first kappa shape index (κ1) is 15.1. The number of nitrogens with zero attached hydrogens (tertiary/aromatic N) is 5. The van der Waals surface area contributed by atoms with Gasteiger partial charge in [-0.15, -0.1) is 0 Å². The lowest BCUT2D eigenvalue weighted by Crippen LogP contribution is -2.04. The Balaban J connectivity index is 1.46. The average Bonchev–Trinajstić information content (AvgIpc) is 3.15. The number of hydrogen-bond acceptors (Lipinski definition) is 6. The monoisotopic (exact) mass is 332 g/mol. The second kappa shape index (κ2) is 6.56. The van der Waals surface area contributed by atoms with Crippen LogP contribution in [0.4, 0.5) is 5.82 Å². The van der Waals surface area contributed by atoms with Crippen molar-refractivity contribution in [2.45, 2.75) is 6.54 Å². The number of anilines is 1. The normalized spacial score (nSPS) is 10.8. The Kier molecular flexibility index (Phi) is 3.96. The molecular weight excluding hydrogens is 316 g/mol. The molecule has 0 saturated heterocycles. The maximum absolute atomic E-state index is 5.17. The maximum atomic E-state index is 5.17. The van der Waals surface area contributed by atoms with Crippen LogP contribution in [-0.2, 0) is 6.54 Å². The summed E-state index contributed by atoms with van der Waals surface area (Å²) in [6, 6.07) is 13.5. The van der Waals surface area contributed by atoms with Gasteiger partial charge in [-0.25, -0.2) is 14.6 Å². The molecule has 1 N–H and O–H groups in total. The van der Waals surface area contributed by atoms with Gasteiger partial charge in [-0.3, -0.25) is 4.98 Å². The highest BCUT2D eigenvalue weighted by Gasteiger charge is 2.04. The summed E-state index contributed by atoms with van der Waals surface area (Å²) in [5.74, 6) is 1.57. The van der Waals surface area contributed by atoms with Gasteiger partial charge in [-0.2, -0.15) is 5.10 Å². The number of aromatic nitrogens is 5. The number of hydrogen-bond donors (Lipinski definition) is 1. The Bertz CT molecular complexity index is 996. The van der Waals surface area contributed by atoms with E-state index in [0.717, 1.165) is 28.5 Å². The summed E-state index contributed by atoms with van der Waals surface area (Å²) in [5, 5.41) is 7.83. The number of benzene rings is 1. The van der Waals surface area contributed by atoms with Gasteiger partial charge in [-0.1, -0.05) is 0 Å². The molecule has 25 heavy (non-hydrogen) atoms. The highest BCUT2D eigenvalue weighted by Crippen LogP contribution is 2.15. The summed E-state index contributed by atoms with van der Waals surface area (Å²) in [5.41, 5.74) is 3.29. The Morgan fingerprint density at radius 1 is 1.00 bits per heavy atom. The van der Waals surface area contributed by atoms with Crippen molar-refractivity contribution in [3.63, 3.8) is 0 Å². The van der Waals surface area contributed by atoms with Crippen molar-refractivity contribution >= 4 is 17.0 Å². The molecule has 0 fully saturated rings. The number of pyridine rings is 1. The first-order chi connectivity index (χ1) is 12.3. The molecule has 0 aliphatic heterocycles. The molecule has 4 aromatic rings.